The molecular formula is C18H20N3O2+. The molecule has 0 fully saturated rings. The Labute approximate surface area is 134 Å². The summed E-state index contributed by atoms with van der Waals surface area (Å²) in [5.74, 6) is 0.861. The Morgan fingerprint density at radius 1 is 1.13 bits per heavy atom. The van der Waals surface area contributed by atoms with Gasteiger partial charge in [0.1, 0.15) is 12.3 Å². The van der Waals surface area contributed by atoms with Gasteiger partial charge in [-0.1, -0.05) is 12.1 Å². The molecule has 0 bridgehead atoms. The van der Waals surface area contributed by atoms with Crippen molar-refractivity contribution in [3.63, 3.8) is 0 Å². The molecule has 1 unspecified atom stereocenters. The van der Waals surface area contributed by atoms with E-state index in [1.165, 1.54) is 16.7 Å². The minimum atomic E-state index is -0.0374. The summed E-state index contributed by atoms with van der Waals surface area (Å²) < 4.78 is 7.06. The van der Waals surface area contributed by atoms with Gasteiger partial charge in [0, 0.05) is 10.9 Å². The quantitative estimate of drug-likeness (QED) is 0.767. The van der Waals surface area contributed by atoms with Crippen molar-refractivity contribution in [3.05, 3.63) is 70.5 Å². The predicted molar refractivity (Wildman–Crippen MR) is 89.6 cm³/mol. The van der Waals surface area contributed by atoms with Gasteiger partial charge in [-0.25, -0.2) is 4.68 Å². The molecule has 1 aromatic heterocycles. The lowest BCUT2D eigenvalue weighted by Crippen LogP contribution is -3.07. The summed E-state index contributed by atoms with van der Waals surface area (Å²) in [6.45, 7) is 1.55. The van der Waals surface area contributed by atoms with Crippen LogP contribution in [-0.2, 0) is 13.2 Å². The van der Waals surface area contributed by atoms with Crippen molar-refractivity contribution in [2.24, 2.45) is 0 Å². The van der Waals surface area contributed by atoms with Gasteiger partial charge in [-0.05, 0) is 36.4 Å². The number of methoxy groups -OCH3 is 1. The number of aromatic nitrogens is 2. The molecule has 0 aliphatic heterocycles. The number of hydrogen-bond donors (Lipinski definition) is 1. The molecule has 3 aromatic rings. The minimum Gasteiger partial charge on any atom is -0.497 e. The minimum absolute atomic E-state index is 0.0374. The molecule has 0 radical (unpaired) electrons. The molecule has 118 valence electrons. The van der Waals surface area contributed by atoms with Crippen molar-refractivity contribution in [3.8, 4) is 5.75 Å². The number of nitrogens with zero attached hydrogens (tertiary/aromatic N) is 2. The standard InChI is InChI=1S/C18H19N3O2/c1-20(12-14-7-9-15(23-2)10-8-14)13-21-17-6-4-3-5-16(17)18(22)11-19-21/h3-11H,12-13H2,1-2H3/p+1. The molecule has 0 spiro atoms. The van der Waals surface area contributed by atoms with Gasteiger partial charge in [0.05, 0.1) is 25.9 Å². The number of quaternary nitrogens is 1. The van der Waals surface area contributed by atoms with E-state index in [4.69, 9.17) is 4.74 Å². The molecule has 5 nitrogen and oxygen atoms in total. The molecule has 5 heteroatoms. The van der Waals surface area contributed by atoms with Gasteiger partial charge in [0.2, 0.25) is 5.43 Å². The van der Waals surface area contributed by atoms with Crippen LogP contribution in [0.4, 0.5) is 0 Å². The summed E-state index contributed by atoms with van der Waals surface area (Å²) in [5, 5.41) is 4.99. The van der Waals surface area contributed by atoms with Crippen molar-refractivity contribution in [1.82, 2.24) is 9.78 Å². The fourth-order valence-electron chi connectivity index (χ4n) is 2.69. The maximum atomic E-state index is 11.9. The molecule has 1 heterocycles. The number of nitrogens with one attached hydrogen (secondary N) is 1. The van der Waals surface area contributed by atoms with Crippen LogP contribution >= 0.6 is 0 Å². The second kappa shape index (κ2) is 6.62. The van der Waals surface area contributed by atoms with E-state index in [-0.39, 0.29) is 5.43 Å². The first kappa shape index (κ1) is 15.2. The Hall–Kier alpha value is -2.66. The monoisotopic (exact) mass is 310 g/mol. The Morgan fingerprint density at radius 3 is 2.61 bits per heavy atom. The molecule has 1 atom stereocenters. The highest BCUT2D eigenvalue weighted by atomic mass is 16.5. The Bertz CT molecular complexity index is 856. The van der Waals surface area contributed by atoms with Gasteiger partial charge >= 0.3 is 0 Å². The van der Waals surface area contributed by atoms with Gasteiger partial charge < -0.3 is 9.64 Å². The van der Waals surface area contributed by atoms with Crippen LogP contribution in [0.1, 0.15) is 5.56 Å². The number of benzene rings is 2. The average molecular weight is 310 g/mol. The van der Waals surface area contributed by atoms with Crippen LogP contribution in [0.15, 0.2) is 59.5 Å². The summed E-state index contributed by atoms with van der Waals surface area (Å²) in [6.07, 6.45) is 1.39. The third-order valence-electron chi connectivity index (χ3n) is 3.85. The van der Waals surface area contributed by atoms with Crippen LogP contribution in [0.3, 0.4) is 0 Å². The van der Waals surface area contributed by atoms with Crippen LogP contribution in [0.25, 0.3) is 10.9 Å². The van der Waals surface area contributed by atoms with E-state index in [2.05, 4.69) is 24.3 Å². The zero-order chi connectivity index (χ0) is 16.2. The van der Waals surface area contributed by atoms with Crippen molar-refractivity contribution in [2.75, 3.05) is 14.2 Å². The van der Waals surface area contributed by atoms with E-state index in [0.717, 1.165) is 17.8 Å². The Morgan fingerprint density at radius 2 is 1.87 bits per heavy atom. The zero-order valence-electron chi connectivity index (χ0n) is 13.3. The van der Waals surface area contributed by atoms with Crippen LogP contribution < -0.4 is 15.1 Å². The maximum Gasteiger partial charge on any atom is 0.207 e. The largest absolute Gasteiger partial charge is 0.497 e. The van der Waals surface area contributed by atoms with Gasteiger partial charge in [0.15, 0.2) is 6.67 Å². The number of ether oxygens (including phenoxy) is 1. The van der Waals surface area contributed by atoms with E-state index < -0.39 is 0 Å². The van der Waals surface area contributed by atoms with Crippen LogP contribution in [-0.4, -0.2) is 23.9 Å². The van der Waals surface area contributed by atoms with Gasteiger partial charge in [-0.2, -0.15) is 5.10 Å². The Balaban J connectivity index is 1.78. The Kier molecular flexibility index (Phi) is 4.39. The van der Waals surface area contributed by atoms with Crippen molar-refractivity contribution < 1.29 is 9.64 Å². The first-order valence-corrected chi connectivity index (χ1v) is 7.56. The predicted octanol–water partition coefficient (Wildman–Crippen LogP) is 1.08. The lowest BCUT2D eigenvalue weighted by molar-refractivity contribution is -0.917. The smallest absolute Gasteiger partial charge is 0.207 e. The van der Waals surface area contributed by atoms with Gasteiger partial charge in [-0.3, -0.25) is 4.79 Å². The van der Waals surface area contributed by atoms with Gasteiger partial charge in [0.25, 0.3) is 0 Å². The number of fused-ring (bicyclic) bond motifs is 1. The fourth-order valence-corrected chi connectivity index (χ4v) is 2.69. The summed E-state index contributed by atoms with van der Waals surface area (Å²) in [5.41, 5.74) is 2.06. The SMILES string of the molecule is COc1ccc(C[NH+](C)Cn2ncc(=O)c3ccccc32)cc1. The highest BCUT2D eigenvalue weighted by molar-refractivity contribution is 5.77. The molecule has 0 saturated heterocycles. The summed E-state index contributed by atoms with van der Waals surface area (Å²) in [6, 6.07) is 15.7. The molecule has 0 aliphatic rings. The average Bonchev–Trinajstić information content (AvgIpc) is 2.58. The first-order valence-electron chi connectivity index (χ1n) is 7.56. The zero-order valence-corrected chi connectivity index (χ0v) is 13.3. The second-order valence-corrected chi connectivity index (χ2v) is 5.67. The lowest BCUT2D eigenvalue weighted by atomic mass is 10.2. The maximum absolute atomic E-state index is 11.9. The lowest BCUT2D eigenvalue weighted by Gasteiger charge is -2.16. The van der Waals surface area contributed by atoms with Crippen LogP contribution in [0.2, 0.25) is 0 Å². The highest BCUT2D eigenvalue weighted by Gasteiger charge is 2.09. The van der Waals surface area contributed by atoms with Crippen molar-refractivity contribution >= 4 is 10.9 Å². The van der Waals surface area contributed by atoms with E-state index in [1.54, 1.807) is 7.11 Å². The molecule has 0 aliphatic carbocycles. The molecule has 0 saturated carbocycles. The van der Waals surface area contributed by atoms with Crippen molar-refractivity contribution in [1.29, 1.82) is 0 Å². The normalized spacial score (nSPS) is 12.3. The molecule has 2 aromatic carbocycles. The van der Waals surface area contributed by atoms with E-state index in [1.807, 2.05) is 41.1 Å². The first-order chi connectivity index (χ1) is 11.2. The number of hydrogen-bond acceptors (Lipinski definition) is 3. The van der Waals surface area contributed by atoms with E-state index in [0.29, 0.717) is 12.1 Å². The molecular weight excluding hydrogens is 290 g/mol. The topological polar surface area (TPSA) is 48.6 Å². The second-order valence-electron chi connectivity index (χ2n) is 5.67. The van der Waals surface area contributed by atoms with Crippen LogP contribution in [0, 0.1) is 0 Å². The van der Waals surface area contributed by atoms with E-state index >= 15 is 0 Å². The summed E-state index contributed by atoms with van der Waals surface area (Å²) in [4.78, 5) is 13.1. The highest BCUT2D eigenvalue weighted by Crippen LogP contribution is 2.10. The third-order valence-corrected chi connectivity index (χ3v) is 3.85. The summed E-state index contributed by atoms with van der Waals surface area (Å²) >= 11 is 0. The fraction of sp³-hybridized carbons (Fsp3) is 0.222. The number of para-hydroxylation sites is 1. The molecule has 23 heavy (non-hydrogen) atoms. The third kappa shape index (κ3) is 3.40. The van der Waals surface area contributed by atoms with E-state index in [9.17, 15) is 4.79 Å². The molecule has 0 amide bonds. The number of rotatable bonds is 5. The van der Waals surface area contributed by atoms with Crippen molar-refractivity contribution in [2.45, 2.75) is 13.2 Å². The summed E-state index contributed by atoms with van der Waals surface area (Å²) in [7, 11) is 3.78. The molecule has 1 N–H and O–H groups in total. The van der Waals surface area contributed by atoms with Gasteiger partial charge in [-0.15, -0.1) is 0 Å². The molecule has 3 rings (SSSR count). The van der Waals surface area contributed by atoms with Crippen LogP contribution in [0.5, 0.6) is 5.75 Å².